The lowest BCUT2D eigenvalue weighted by atomic mass is 9.90. The Kier molecular flexibility index (Phi) is 4.06. The molecule has 2 aliphatic rings. The minimum absolute atomic E-state index is 0.00157. The van der Waals surface area contributed by atoms with Crippen LogP contribution in [0, 0.1) is 0 Å². The van der Waals surface area contributed by atoms with E-state index in [1.165, 1.54) is 24.2 Å². The van der Waals surface area contributed by atoms with Crippen molar-refractivity contribution in [1.29, 1.82) is 0 Å². The second-order valence-corrected chi connectivity index (χ2v) is 8.07. The van der Waals surface area contributed by atoms with Crippen LogP contribution in [0.25, 0.3) is 0 Å². The zero-order valence-corrected chi connectivity index (χ0v) is 13.9. The molecule has 0 N–H and O–H groups in total. The van der Waals surface area contributed by atoms with Crippen LogP contribution in [0.3, 0.4) is 0 Å². The number of aromatic nitrogens is 1. The van der Waals surface area contributed by atoms with E-state index in [0.29, 0.717) is 13.2 Å². The summed E-state index contributed by atoms with van der Waals surface area (Å²) in [6, 6.07) is 0.264. The minimum atomic E-state index is 0.00157. The van der Waals surface area contributed by atoms with Crippen LogP contribution >= 0.6 is 11.3 Å². The van der Waals surface area contributed by atoms with E-state index in [2.05, 4.69) is 25.8 Å². The van der Waals surface area contributed by atoms with Crippen LogP contribution in [0.1, 0.15) is 61.1 Å². The summed E-state index contributed by atoms with van der Waals surface area (Å²) in [6.07, 6.45) is 6.57. The Morgan fingerprint density at radius 1 is 1.38 bits per heavy atom. The van der Waals surface area contributed by atoms with Crippen LogP contribution in [-0.2, 0) is 10.2 Å². The van der Waals surface area contributed by atoms with E-state index >= 15 is 0 Å². The number of hydrogen-bond donors (Lipinski definition) is 0. The molecule has 1 aliphatic heterocycles. The van der Waals surface area contributed by atoms with Crippen molar-refractivity contribution >= 4 is 17.2 Å². The molecule has 2 atom stereocenters. The molecule has 0 spiro atoms. The summed E-state index contributed by atoms with van der Waals surface area (Å²) in [5, 5.41) is 1.03. The highest BCUT2D eigenvalue weighted by Crippen LogP contribution is 2.32. The molecule has 21 heavy (non-hydrogen) atoms. The second kappa shape index (κ2) is 5.69. The van der Waals surface area contributed by atoms with Crippen LogP contribution in [0.2, 0.25) is 0 Å². The van der Waals surface area contributed by atoms with Crippen molar-refractivity contribution in [2.24, 2.45) is 0 Å². The lowest BCUT2D eigenvalue weighted by Gasteiger charge is -2.43. The zero-order chi connectivity index (χ0) is 15.0. The van der Waals surface area contributed by atoms with E-state index in [1.54, 1.807) is 6.20 Å². The maximum Gasteiger partial charge on any atom is 0.265 e. The zero-order valence-electron chi connectivity index (χ0n) is 13.1. The van der Waals surface area contributed by atoms with Gasteiger partial charge in [-0.25, -0.2) is 4.98 Å². The maximum absolute atomic E-state index is 12.8. The van der Waals surface area contributed by atoms with Gasteiger partial charge in [0.1, 0.15) is 4.88 Å². The summed E-state index contributed by atoms with van der Waals surface area (Å²) in [7, 11) is 0. The Balaban J connectivity index is 1.79. The van der Waals surface area contributed by atoms with Crippen molar-refractivity contribution in [3.63, 3.8) is 0 Å². The number of morpholine rings is 1. The number of ether oxygens (including phenoxy) is 1. The molecule has 1 aromatic heterocycles. The summed E-state index contributed by atoms with van der Waals surface area (Å²) in [6.45, 7) is 7.77. The van der Waals surface area contributed by atoms with Crippen molar-refractivity contribution in [1.82, 2.24) is 9.88 Å². The number of nitrogens with zero attached hydrogens (tertiary/aromatic N) is 2. The molecule has 4 nitrogen and oxygen atoms in total. The fourth-order valence-electron chi connectivity index (χ4n) is 3.21. The highest BCUT2D eigenvalue weighted by Gasteiger charge is 2.37. The number of hydrogen-bond acceptors (Lipinski definition) is 4. The number of fused-ring (bicyclic) bond motifs is 1. The first-order valence-corrected chi connectivity index (χ1v) is 8.67. The smallest absolute Gasteiger partial charge is 0.265 e. The molecule has 0 unspecified atom stereocenters. The van der Waals surface area contributed by atoms with Crippen LogP contribution in [-0.4, -0.2) is 41.1 Å². The molecule has 5 heteroatoms. The van der Waals surface area contributed by atoms with Gasteiger partial charge in [-0.15, -0.1) is 11.3 Å². The summed E-state index contributed by atoms with van der Waals surface area (Å²) in [5.74, 6) is 0.142. The number of carbonyl (C=O) groups is 1. The number of rotatable bonds is 1. The van der Waals surface area contributed by atoms with E-state index in [4.69, 9.17) is 4.74 Å². The van der Waals surface area contributed by atoms with Crippen molar-refractivity contribution in [3.05, 3.63) is 16.1 Å². The van der Waals surface area contributed by atoms with E-state index in [1.807, 2.05) is 4.90 Å². The lowest BCUT2D eigenvalue weighted by molar-refractivity contribution is -0.0751. The Bertz CT molecular complexity index is 519. The molecular weight excluding hydrogens is 284 g/mol. The molecular formula is C16H24N2O2S. The third-order valence-corrected chi connectivity index (χ3v) is 5.76. The normalized spacial score (nSPS) is 26.5. The fourth-order valence-corrected chi connectivity index (χ4v) is 4.14. The van der Waals surface area contributed by atoms with Gasteiger partial charge in [-0.1, -0.05) is 33.6 Å². The Hall–Kier alpha value is -0.940. The predicted octanol–water partition coefficient (Wildman–Crippen LogP) is 3.22. The fraction of sp³-hybridized carbons (Fsp3) is 0.750. The van der Waals surface area contributed by atoms with E-state index in [9.17, 15) is 4.79 Å². The van der Waals surface area contributed by atoms with E-state index in [-0.39, 0.29) is 23.5 Å². The molecule has 0 radical (unpaired) electrons. The van der Waals surface area contributed by atoms with Crippen molar-refractivity contribution in [3.8, 4) is 0 Å². The van der Waals surface area contributed by atoms with E-state index in [0.717, 1.165) is 22.7 Å². The van der Waals surface area contributed by atoms with Gasteiger partial charge in [-0.05, 0) is 12.8 Å². The second-order valence-electron chi connectivity index (χ2n) is 7.04. The largest absolute Gasteiger partial charge is 0.374 e. The molecule has 1 saturated carbocycles. The molecule has 0 bridgehead atoms. The van der Waals surface area contributed by atoms with Gasteiger partial charge in [0, 0.05) is 12.0 Å². The third kappa shape index (κ3) is 2.99. The Labute approximate surface area is 130 Å². The average molecular weight is 308 g/mol. The molecule has 0 aromatic carbocycles. The first-order valence-electron chi connectivity index (χ1n) is 7.86. The Morgan fingerprint density at radius 2 is 2.14 bits per heavy atom. The van der Waals surface area contributed by atoms with Gasteiger partial charge >= 0.3 is 0 Å². The molecule has 1 aliphatic carbocycles. The molecule has 2 fully saturated rings. The average Bonchev–Trinajstić information content (AvgIpc) is 2.96. The number of carbonyl (C=O) groups excluding carboxylic acids is 1. The molecule has 1 saturated heterocycles. The molecule has 3 rings (SSSR count). The predicted molar refractivity (Wildman–Crippen MR) is 83.8 cm³/mol. The lowest BCUT2D eigenvalue weighted by Crippen LogP contribution is -2.54. The van der Waals surface area contributed by atoms with Gasteiger partial charge < -0.3 is 9.64 Å². The van der Waals surface area contributed by atoms with Gasteiger partial charge in [-0.3, -0.25) is 4.79 Å². The standard InChI is InChI=1S/C16H24N2O2S/c1-16(2,3)15-17-10-13(21-15)14(19)18-8-9-20-12-7-5-4-6-11(12)18/h10-12H,4-9H2,1-3H3/t11-,12-/m1/s1. The Morgan fingerprint density at radius 3 is 2.86 bits per heavy atom. The van der Waals surface area contributed by atoms with Gasteiger partial charge in [0.05, 0.1) is 30.0 Å². The summed E-state index contributed by atoms with van der Waals surface area (Å²) >= 11 is 1.54. The quantitative estimate of drug-likeness (QED) is 0.800. The first-order chi connectivity index (χ1) is 9.97. The van der Waals surface area contributed by atoms with Gasteiger partial charge in [0.2, 0.25) is 0 Å². The van der Waals surface area contributed by atoms with E-state index < -0.39 is 0 Å². The van der Waals surface area contributed by atoms with Crippen molar-refractivity contribution in [2.75, 3.05) is 13.2 Å². The summed E-state index contributed by atoms with van der Waals surface area (Å²) < 4.78 is 5.85. The SMILES string of the molecule is CC(C)(C)c1ncc(C(=O)N2CCO[C@@H]3CCCC[C@H]32)s1. The van der Waals surface area contributed by atoms with Crippen LogP contribution in [0.15, 0.2) is 6.20 Å². The van der Waals surface area contributed by atoms with Crippen LogP contribution < -0.4 is 0 Å². The molecule has 1 amide bonds. The maximum atomic E-state index is 12.8. The molecule has 2 heterocycles. The van der Waals surface area contributed by atoms with Gasteiger partial charge in [-0.2, -0.15) is 0 Å². The van der Waals surface area contributed by atoms with Gasteiger partial charge in [0.15, 0.2) is 0 Å². The van der Waals surface area contributed by atoms with Gasteiger partial charge in [0.25, 0.3) is 5.91 Å². The number of amides is 1. The van der Waals surface area contributed by atoms with Crippen LogP contribution in [0.5, 0.6) is 0 Å². The van der Waals surface area contributed by atoms with Crippen molar-refractivity contribution < 1.29 is 9.53 Å². The van der Waals surface area contributed by atoms with Crippen LogP contribution in [0.4, 0.5) is 0 Å². The third-order valence-electron chi connectivity index (χ3n) is 4.35. The topological polar surface area (TPSA) is 42.4 Å². The molecule has 116 valence electrons. The highest BCUT2D eigenvalue weighted by atomic mass is 32.1. The minimum Gasteiger partial charge on any atom is -0.374 e. The summed E-state index contributed by atoms with van der Waals surface area (Å²) in [4.78, 5) is 20.1. The first kappa shape index (κ1) is 15.0. The monoisotopic (exact) mass is 308 g/mol. The number of thiazole rings is 1. The highest BCUT2D eigenvalue weighted by molar-refractivity contribution is 7.13. The van der Waals surface area contributed by atoms with Crippen molar-refractivity contribution in [2.45, 2.75) is 64.0 Å². The summed E-state index contributed by atoms with van der Waals surface area (Å²) in [5.41, 5.74) is 0.00157. The molecule has 1 aromatic rings.